The van der Waals surface area contributed by atoms with Gasteiger partial charge in [0.15, 0.2) is 0 Å². The Balaban J connectivity index is 1.97. The van der Waals surface area contributed by atoms with Gasteiger partial charge in [0.2, 0.25) is 5.95 Å². The highest BCUT2D eigenvalue weighted by Crippen LogP contribution is 2.11. The number of aryl methyl sites for hydroxylation is 1. The Morgan fingerprint density at radius 1 is 1.14 bits per heavy atom. The largest absolute Gasteiger partial charge is 0.383 e. The summed E-state index contributed by atoms with van der Waals surface area (Å²) in [5.41, 5.74) is 1.84. The van der Waals surface area contributed by atoms with E-state index in [9.17, 15) is 4.39 Å². The molecule has 2 N–H and O–H groups in total. The predicted octanol–water partition coefficient (Wildman–Crippen LogP) is 2.59. The Labute approximate surface area is 123 Å². The van der Waals surface area contributed by atoms with E-state index in [2.05, 4.69) is 20.6 Å². The van der Waals surface area contributed by atoms with Gasteiger partial charge in [-0.1, -0.05) is 12.1 Å². The van der Waals surface area contributed by atoms with Crippen molar-refractivity contribution < 1.29 is 9.13 Å². The molecule has 0 unspecified atom stereocenters. The van der Waals surface area contributed by atoms with E-state index < -0.39 is 0 Å². The Morgan fingerprint density at radius 3 is 2.62 bits per heavy atom. The van der Waals surface area contributed by atoms with Crippen molar-refractivity contribution in [1.82, 2.24) is 9.97 Å². The smallest absolute Gasteiger partial charge is 0.225 e. The molecule has 0 atom stereocenters. The lowest BCUT2D eigenvalue weighted by Gasteiger charge is -2.09. The number of rotatable bonds is 7. The number of halogens is 1. The molecule has 2 rings (SSSR count). The third kappa shape index (κ3) is 5.00. The molecule has 0 aliphatic rings. The van der Waals surface area contributed by atoms with Crippen LogP contribution in [0.3, 0.4) is 0 Å². The van der Waals surface area contributed by atoms with Gasteiger partial charge in [-0.15, -0.1) is 0 Å². The van der Waals surface area contributed by atoms with Crippen LogP contribution in [0.1, 0.15) is 11.3 Å². The van der Waals surface area contributed by atoms with Gasteiger partial charge in [-0.05, 0) is 24.6 Å². The van der Waals surface area contributed by atoms with Crippen LogP contribution in [0, 0.1) is 12.7 Å². The summed E-state index contributed by atoms with van der Waals surface area (Å²) in [5, 5.41) is 6.30. The number of ether oxygens (including phenoxy) is 1. The molecule has 1 heterocycles. The van der Waals surface area contributed by atoms with Gasteiger partial charge in [0.25, 0.3) is 0 Å². The minimum absolute atomic E-state index is 0.241. The van der Waals surface area contributed by atoms with Gasteiger partial charge >= 0.3 is 0 Å². The van der Waals surface area contributed by atoms with E-state index in [4.69, 9.17) is 4.74 Å². The van der Waals surface area contributed by atoms with Crippen molar-refractivity contribution in [2.45, 2.75) is 13.5 Å². The Bertz CT molecular complexity index is 574. The van der Waals surface area contributed by atoms with Crippen molar-refractivity contribution in [2.24, 2.45) is 0 Å². The Kier molecular flexibility index (Phi) is 5.45. The molecule has 0 saturated carbocycles. The summed E-state index contributed by atoms with van der Waals surface area (Å²) in [6.45, 7) is 3.75. The van der Waals surface area contributed by atoms with E-state index in [1.807, 2.05) is 13.0 Å². The molecule has 0 saturated heterocycles. The summed E-state index contributed by atoms with van der Waals surface area (Å²) >= 11 is 0. The van der Waals surface area contributed by atoms with Crippen LogP contribution in [0.15, 0.2) is 30.3 Å². The van der Waals surface area contributed by atoms with Gasteiger partial charge in [0.05, 0.1) is 6.61 Å². The van der Waals surface area contributed by atoms with Crippen LogP contribution in [-0.2, 0) is 11.3 Å². The maximum Gasteiger partial charge on any atom is 0.225 e. The molecule has 0 aliphatic heterocycles. The van der Waals surface area contributed by atoms with Crippen molar-refractivity contribution in [3.63, 3.8) is 0 Å². The van der Waals surface area contributed by atoms with Crippen molar-refractivity contribution in [3.8, 4) is 0 Å². The lowest BCUT2D eigenvalue weighted by Crippen LogP contribution is -2.11. The standard InChI is InChI=1S/C15H19FN4O/c1-11-9-14(17-7-8-21-2)20-15(19-11)18-10-12-3-5-13(16)6-4-12/h3-6,9H,7-8,10H2,1-2H3,(H2,17,18,19,20). The minimum Gasteiger partial charge on any atom is -0.383 e. The van der Waals surface area contributed by atoms with Gasteiger partial charge in [0, 0.05) is 32.0 Å². The number of methoxy groups -OCH3 is 1. The highest BCUT2D eigenvalue weighted by atomic mass is 19.1. The fraction of sp³-hybridized carbons (Fsp3) is 0.333. The van der Waals surface area contributed by atoms with Crippen LogP contribution in [0.5, 0.6) is 0 Å². The molecular weight excluding hydrogens is 271 g/mol. The highest BCUT2D eigenvalue weighted by molar-refractivity contribution is 5.42. The molecule has 6 heteroatoms. The summed E-state index contributed by atoms with van der Waals surface area (Å²) in [5.74, 6) is 1.05. The average Bonchev–Trinajstić information content (AvgIpc) is 2.46. The zero-order valence-corrected chi connectivity index (χ0v) is 12.2. The van der Waals surface area contributed by atoms with Crippen LogP contribution >= 0.6 is 0 Å². The summed E-state index contributed by atoms with van der Waals surface area (Å²) in [6.07, 6.45) is 0. The molecule has 0 bridgehead atoms. The second-order valence-electron chi connectivity index (χ2n) is 4.62. The van der Waals surface area contributed by atoms with E-state index in [0.29, 0.717) is 25.6 Å². The van der Waals surface area contributed by atoms with Crippen molar-refractivity contribution in [1.29, 1.82) is 0 Å². The predicted molar refractivity (Wildman–Crippen MR) is 80.9 cm³/mol. The van der Waals surface area contributed by atoms with Crippen LogP contribution in [-0.4, -0.2) is 30.2 Å². The van der Waals surface area contributed by atoms with E-state index >= 15 is 0 Å². The maximum atomic E-state index is 12.8. The molecule has 0 amide bonds. The van der Waals surface area contributed by atoms with Gasteiger partial charge in [0.1, 0.15) is 11.6 Å². The van der Waals surface area contributed by atoms with E-state index in [1.54, 1.807) is 19.2 Å². The molecule has 1 aromatic carbocycles. The summed E-state index contributed by atoms with van der Waals surface area (Å²) < 4.78 is 17.8. The number of benzene rings is 1. The van der Waals surface area contributed by atoms with Crippen LogP contribution in [0.25, 0.3) is 0 Å². The zero-order valence-electron chi connectivity index (χ0n) is 12.2. The second-order valence-corrected chi connectivity index (χ2v) is 4.62. The van der Waals surface area contributed by atoms with Crippen LogP contribution in [0.4, 0.5) is 16.2 Å². The molecular formula is C15H19FN4O. The Morgan fingerprint density at radius 2 is 1.90 bits per heavy atom. The van der Waals surface area contributed by atoms with Gasteiger partial charge < -0.3 is 15.4 Å². The molecule has 0 fully saturated rings. The minimum atomic E-state index is -0.241. The van der Waals surface area contributed by atoms with E-state index in [0.717, 1.165) is 17.1 Å². The topological polar surface area (TPSA) is 59.1 Å². The molecule has 21 heavy (non-hydrogen) atoms. The van der Waals surface area contributed by atoms with Gasteiger partial charge in [-0.25, -0.2) is 9.37 Å². The summed E-state index contributed by atoms with van der Waals surface area (Å²) in [7, 11) is 1.66. The Hall–Kier alpha value is -2.21. The third-order valence-electron chi connectivity index (χ3n) is 2.83. The quantitative estimate of drug-likeness (QED) is 0.768. The average molecular weight is 290 g/mol. The molecule has 112 valence electrons. The number of hydrogen-bond acceptors (Lipinski definition) is 5. The maximum absolute atomic E-state index is 12.8. The first-order valence-electron chi connectivity index (χ1n) is 6.74. The molecule has 0 radical (unpaired) electrons. The van der Waals surface area contributed by atoms with Crippen molar-refractivity contribution in [2.75, 3.05) is 30.9 Å². The van der Waals surface area contributed by atoms with Gasteiger partial charge in [-0.3, -0.25) is 0 Å². The number of hydrogen-bond donors (Lipinski definition) is 2. The van der Waals surface area contributed by atoms with Gasteiger partial charge in [-0.2, -0.15) is 4.98 Å². The van der Waals surface area contributed by atoms with Crippen molar-refractivity contribution in [3.05, 3.63) is 47.4 Å². The molecule has 0 spiro atoms. The fourth-order valence-electron chi connectivity index (χ4n) is 1.80. The molecule has 5 nitrogen and oxygen atoms in total. The SMILES string of the molecule is COCCNc1cc(C)nc(NCc2ccc(F)cc2)n1. The first-order chi connectivity index (χ1) is 10.2. The number of aromatic nitrogens is 2. The first-order valence-corrected chi connectivity index (χ1v) is 6.74. The molecule has 1 aromatic heterocycles. The number of anilines is 2. The monoisotopic (exact) mass is 290 g/mol. The van der Waals surface area contributed by atoms with Crippen LogP contribution in [0.2, 0.25) is 0 Å². The molecule has 0 aliphatic carbocycles. The summed E-state index contributed by atoms with van der Waals surface area (Å²) in [4.78, 5) is 8.70. The zero-order chi connectivity index (χ0) is 15.1. The third-order valence-corrected chi connectivity index (χ3v) is 2.83. The fourth-order valence-corrected chi connectivity index (χ4v) is 1.80. The lowest BCUT2D eigenvalue weighted by atomic mass is 10.2. The van der Waals surface area contributed by atoms with Crippen molar-refractivity contribution >= 4 is 11.8 Å². The van der Waals surface area contributed by atoms with Crippen LogP contribution < -0.4 is 10.6 Å². The second kappa shape index (κ2) is 7.54. The van der Waals surface area contributed by atoms with E-state index in [-0.39, 0.29) is 5.82 Å². The normalized spacial score (nSPS) is 10.4. The summed E-state index contributed by atoms with van der Waals surface area (Å²) in [6, 6.07) is 8.21. The lowest BCUT2D eigenvalue weighted by molar-refractivity contribution is 0.210. The number of nitrogens with zero attached hydrogens (tertiary/aromatic N) is 2. The highest BCUT2D eigenvalue weighted by Gasteiger charge is 2.02. The van der Waals surface area contributed by atoms with E-state index in [1.165, 1.54) is 12.1 Å². The number of nitrogens with one attached hydrogen (secondary N) is 2. The first kappa shape index (κ1) is 15.2. The molecule has 2 aromatic rings.